The van der Waals surface area contributed by atoms with Gasteiger partial charge in [-0.15, -0.1) is 0 Å². The number of ether oxygens (including phenoxy) is 3. The zero-order valence-corrected chi connectivity index (χ0v) is 47.2. The van der Waals surface area contributed by atoms with Crippen LogP contribution < -0.4 is 36.7 Å². The van der Waals surface area contributed by atoms with Crippen LogP contribution in [-0.2, 0) is 5.54 Å². The summed E-state index contributed by atoms with van der Waals surface area (Å²) < 4.78 is 33.5. The first-order valence-corrected chi connectivity index (χ1v) is 25.5. The molecule has 0 saturated carbocycles. The van der Waals surface area contributed by atoms with E-state index >= 15 is 0 Å². The van der Waals surface area contributed by atoms with Crippen molar-refractivity contribution in [3.05, 3.63) is 158 Å². The molecule has 0 saturated heterocycles. The van der Waals surface area contributed by atoms with Crippen LogP contribution in [0.4, 0.5) is 27.7 Å². The number of anilines is 4. The molecule has 5 aromatic heterocycles. The van der Waals surface area contributed by atoms with E-state index in [2.05, 4.69) is 114 Å². The van der Waals surface area contributed by atoms with Crippen molar-refractivity contribution in [3.8, 4) is 62.3 Å². The van der Waals surface area contributed by atoms with Gasteiger partial charge >= 0.3 is 0 Å². The van der Waals surface area contributed by atoms with Crippen LogP contribution in [0.5, 0.6) is 17.2 Å². The van der Waals surface area contributed by atoms with Gasteiger partial charge in [0.05, 0.1) is 67.2 Å². The molecular weight excluding hydrogens is 1060 g/mol. The Morgan fingerprint density at radius 1 is 0.614 bits per heavy atom. The highest BCUT2D eigenvalue weighted by Gasteiger charge is 2.25. The summed E-state index contributed by atoms with van der Waals surface area (Å²) in [4.78, 5) is 57.7. The van der Waals surface area contributed by atoms with Crippen LogP contribution in [0.3, 0.4) is 0 Å². The minimum absolute atomic E-state index is 0.0179. The van der Waals surface area contributed by atoms with Crippen LogP contribution in [0.1, 0.15) is 62.3 Å². The van der Waals surface area contributed by atoms with Crippen molar-refractivity contribution < 1.29 is 28.2 Å². The Morgan fingerprint density at radius 3 is 1.63 bits per heavy atom. The second-order valence-electron chi connectivity index (χ2n) is 19.9. The number of nitrogens with one attached hydrogen (secondary N) is 1. The lowest BCUT2D eigenvalue weighted by Gasteiger charge is -2.25. The number of nitrogens with two attached hydrogens (primary N) is 3. The van der Waals surface area contributed by atoms with Crippen LogP contribution >= 0.6 is 0 Å². The number of rotatable bonds is 11. The molecule has 0 amide bonds. The standard InChI is InChI=1S/C24H24N8O.C14H19N5.C10H9N3O2.C8H7FO2.C3H4N2/c1-24(2,3)32-21-7-5-15(16-11-27-23(25)28-12-16)9-19(21)30-22(32)18-10-17(33-4)6-8-20(18)31-14-26-13-29-31;1-14(2,3)19-12-5-4-9(6-11(12)15)10-7-17-13(16)18-8-10;1-15-9-2-3-10(8(4-9)5-14)13-7-11-6-12-13;1-11-7-2-3-8(9)6(4-7)5-10;1-2-5-3-4-1/h5-14H,1-4H3,(H2,25,27,28);4-8,19H,15H2,1-3H3,(H2,16,17,18);2-7H,1H3;2-5H,1H3;1,3H,2H2. The second-order valence-corrected chi connectivity index (χ2v) is 19.9. The maximum Gasteiger partial charge on any atom is 0.219 e. The molecule has 0 aliphatic carbocycles. The third kappa shape index (κ3) is 16.0. The number of aldehydes is 2. The Kier molecular flexibility index (Phi) is 19.8. The lowest BCUT2D eigenvalue weighted by molar-refractivity contribution is 0.111. The normalized spacial score (nSPS) is 11.3. The summed E-state index contributed by atoms with van der Waals surface area (Å²) in [5, 5.41) is 11.7. The van der Waals surface area contributed by atoms with Gasteiger partial charge in [0.15, 0.2) is 12.6 Å². The number of fused-ring (bicyclic) bond motifs is 1. The molecule has 10 aromatic rings. The first-order chi connectivity index (χ1) is 39.8. The number of imidazole rings is 1. The monoisotopic (exact) mass is 1120 g/mol. The van der Waals surface area contributed by atoms with Gasteiger partial charge in [0.25, 0.3) is 0 Å². The molecule has 0 fully saturated rings. The predicted octanol–water partition coefficient (Wildman–Crippen LogP) is 9.44. The van der Waals surface area contributed by atoms with Crippen molar-refractivity contribution in [2.45, 2.75) is 52.6 Å². The van der Waals surface area contributed by atoms with Gasteiger partial charge in [0, 0.05) is 64.3 Å². The lowest BCUT2D eigenvalue weighted by Crippen LogP contribution is -2.26. The van der Waals surface area contributed by atoms with Crippen molar-refractivity contribution >= 4 is 59.4 Å². The summed E-state index contributed by atoms with van der Waals surface area (Å²) in [5.41, 5.74) is 27.1. The Morgan fingerprint density at radius 2 is 1.14 bits per heavy atom. The summed E-state index contributed by atoms with van der Waals surface area (Å²) in [7, 11) is 4.67. The molecule has 0 atom stereocenters. The van der Waals surface area contributed by atoms with Gasteiger partial charge < -0.3 is 41.3 Å². The largest absolute Gasteiger partial charge is 0.497 e. The van der Waals surface area contributed by atoms with Gasteiger partial charge in [-0.05, 0) is 132 Å². The molecule has 0 unspecified atom stereocenters. The Balaban J connectivity index is 0.000000167. The fourth-order valence-electron chi connectivity index (χ4n) is 7.98. The molecule has 6 heterocycles. The number of benzene rings is 5. The smallest absolute Gasteiger partial charge is 0.219 e. The molecular formula is C59H63FN18O5. The van der Waals surface area contributed by atoms with Crippen molar-refractivity contribution in [3.63, 3.8) is 0 Å². The Labute approximate surface area is 478 Å². The van der Waals surface area contributed by atoms with Crippen LogP contribution in [0, 0.1) is 5.82 Å². The summed E-state index contributed by atoms with van der Waals surface area (Å²) in [6.45, 7) is 13.5. The van der Waals surface area contributed by atoms with E-state index < -0.39 is 5.82 Å². The second kappa shape index (κ2) is 27.4. The number of aliphatic imine (C=N–C) groups is 2. The molecule has 0 bridgehead atoms. The number of carbonyl (C=O) groups excluding carboxylic acids is 2. The van der Waals surface area contributed by atoms with E-state index in [-0.39, 0.29) is 28.5 Å². The minimum Gasteiger partial charge on any atom is -0.497 e. The zero-order valence-electron chi connectivity index (χ0n) is 47.2. The molecule has 0 radical (unpaired) electrons. The number of hydrogen-bond acceptors (Lipinski definition) is 20. The van der Waals surface area contributed by atoms with E-state index in [4.69, 9.17) is 36.4 Å². The van der Waals surface area contributed by atoms with E-state index in [0.29, 0.717) is 34.7 Å². The SMILES string of the molecule is C1=NC=NC1.CC(C)(C)Nc1ccc(-c2cnc(N)nc2)cc1N.COc1ccc(-n2cncn2)c(-c2nc3cc(-c4cnc(N)nc4)ccc3n2C(C)(C)C)c1.COc1ccc(-n2cncn2)c(C=O)c1.COc1ccc(F)c(C=O)c1. The van der Waals surface area contributed by atoms with E-state index in [1.165, 1.54) is 49.0 Å². The average Bonchev–Trinajstić information content (AvgIpc) is 2.41. The summed E-state index contributed by atoms with van der Waals surface area (Å²) in [6, 6.07) is 27.1. The molecule has 23 nitrogen and oxygen atoms in total. The van der Waals surface area contributed by atoms with Gasteiger partial charge in [0.2, 0.25) is 11.9 Å². The third-order valence-electron chi connectivity index (χ3n) is 11.8. The molecule has 0 spiro atoms. The van der Waals surface area contributed by atoms with E-state index in [1.807, 2.05) is 42.5 Å². The van der Waals surface area contributed by atoms with E-state index in [9.17, 15) is 14.0 Å². The van der Waals surface area contributed by atoms with Crippen LogP contribution in [0.15, 0.2) is 151 Å². The van der Waals surface area contributed by atoms with Gasteiger partial charge in [-0.2, -0.15) is 10.2 Å². The lowest BCUT2D eigenvalue weighted by atomic mass is 10.0. The highest BCUT2D eigenvalue weighted by molar-refractivity contribution is 5.87. The summed E-state index contributed by atoms with van der Waals surface area (Å²) in [5.74, 6) is 2.66. The molecule has 24 heteroatoms. The number of carbonyl (C=O) groups is 2. The van der Waals surface area contributed by atoms with Crippen LogP contribution in [0.25, 0.3) is 56.0 Å². The van der Waals surface area contributed by atoms with Crippen molar-refractivity contribution in [1.82, 2.24) is 59.0 Å². The van der Waals surface area contributed by atoms with Gasteiger partial charge in [-0.3, -0.25) is 14.6 Å². The summed E-state index contributed by atoms with van der Waals surface area (Å²) >= 11 is 0. The maximum absolute atomic E-state index is 12.6. The zero-order chi connectivity index (χ0) is 59.7. The van der Waals surface area contributed by atoms with Crippen molar-refractivity contribution in [1.29, 1.82) is 0 Å². The number of methoxy groups -OCH3 is 3. The van der Waals surface area contributed by atoms with Gasteiger partial charge in [-0.25, -0.2) is 53.6 Å². The predicted molar refractivity (Wildman–Crippen MR) is 320 cm³/mol. The number of halogens is 1. The third-order valence-corrected chi connectivity index (χ3v) is 11.8. The number of nitrogen functional groups attached to an aromatic ring is 3. The fraction of sp³-hybridized carbons (Fsp3) is 0.203. The molecule has 426 valence electrons. The molecule has 1 aliphatic rings. The minimum atomic E-state index is -0.527. The van der Waals surface area contributed by atoms with Crippen LogP contribution in [-0.4, -0.2) is 118 Å². The highest BCUT2D eigenvalue weighted by atomic mass is 19.1. The molecule has 5 aromatic carbocycles. The quantitative estimate of drug-likeness (QED) is 0.0692. The number of nitrogens with zero attached hydrogens (tertiary/aromatic N) is 14. The first kappa shape index (κ1) is 59.9. The van der Waals surface area contributed by atoms with Crippen LogP contribution in [0.2, 0.25) is 0 Å². The maximum atomic E-state index is 12.6. The van der Waals surface area contributed by atoms with E-state index in [0.717, 1.165) is 74.6 Å². The highest BCUT2D eigenvalue weighted by Crippen LogP contribution is 2.37. The molecule has 11 rings (SSSR count). The van der Waals surface area contributed by atoms with Crippen molar-refractivity contribution in [2.24, 2.45) is 9.98 Å². The summed E-state index contributed by atoms with van der Waals surface area (Å²) in [6.07, 6.45) is 17.5. The Bertz CT molecular complexity index is 3810. The number of hydrogen-bond donors (Lipinski definition) is 4. The van der Waals surface area contributed by atoms with Gasteiger partial charge in [-0.1, -0.05) is 12.1 Å². The van der Waals surface area contributed by atoms with Crippen molar-refractivity contribution in [2.75, 3.05) is 50.4 Å². The number of aromatic nitrogens is 12. The topological polar surface area (TPSA) is 307 Å². The first-order valence-electron chi connectivity index (χ1n) is 25.5. The molecule has 7 N–H and O–H groups in total. The molecule has 1 aliphatic heterocycles. The fourth-order valence-corrected chi connectivity index (χ4v) is 7.98. The van der Waals surface area contributed by atoms with Gasteiger partial charge in [0.1, 0.15) is 60.5 Å². The Hall–Kier alpha value is -10.8. The molecule has 83 heavy (non-hydrogen) atoms. The average molecular weight is 1120 g/mol. The van der Waals surface area contributed by atoms with E-state index in [1.54, 1.807) is 80.8 Å².